The Bertz CT molecular complexity index is 618. The second kappa shape index (κ2) is 6.27. The standard InChI is InChI=1S/C16H22N2OS/c1-4-6-11(5-2)18-16(19)15-14(17)12-9-10(3)7-8-13(12)20-15/h7-9,11H,4-6,17H2,1-3H3,(H,18,19). The molecular weight excluding hydrogens is 268 g/mol. The van der Waals surface area contributed by atoms with Gasteiger partial charge in [-0.15, -0.1) is 11.3 Å². The van der Waals surface area contributed by atoms with Gasteiger partial charge in [-0.05, 0) is 31.9 Å². The summed E-state index contributed by atoms with van der Waals surface area (Å²) in [6.45, 7) is 6.26. The zero-order chi connectivity index (χ0) is 14.7. The van der Waals surface area contributed by atoms with Crippen molar-refractivity contribution in [3.63, 3.8) is 0 Å². The first kappa shape index (κ1) is 14.9. The van der Waals surface area contributed by atoms with Gasteiger partial charge in [0.15, 0.2) is 0 Å². The number of nitrogens with one attached hydrogen (secondary N) is 1. The summed E-state index contributed by atoms with van der Waals surface area (Å²) in [5.74, 6) is -0.0401. The van der Waals surface area contributed by atoms with E-state index in [4.69, 9.17) is 5.73 Å². The van der Waals surface area contributed by atoms with Crippen LogP contribution in [0, 0.1) is 6.92 Å². The molecule has 0 bridgehead atoms. The number of anilines is 1. The van der Waals surface area contributed by atoms with Gasteiger partial charge in [-0.2, -0.15) is 0 Å². The maximum Gasteiger partial charge on any atom is 0.263 e. The van der Waals surface area contributed by atoms with Crippen molar-refractivity contribution >= 4 is 33.0 Å². The highest BCUT2D eigenvalue weighted by molar-refractivity contribution is 7.21. The average Bonchev–Trinajstić information content (AvgIpc) is 2.75. The lowest BCUT2D eigenvalue weighted by atomic mass is 10.1. The van der Waals surface area contributed by atoms with Crippen LogP contribution in [0.25, 0.3) is 10.1 Å². The number of nitrogen functional groups attached to an aromatic ring is 1. The van der Waals surface area contributed by atoms with Crippen molar-refractivity contribution < 1.29 is 4.79 Å². The van der Waals surface area contributed by atoms with E-state index in [2.05, 4.69) is 19.2 Å². The molecule has 2 rings (SSSR count). The van der Waals surface area contributed by atoms with Gasteiger partial charge in [-0.3, -0.25) is 4.79 Å². The van der Waals surface area contributed by atoms with Crippen LogP contribution in [0.2, 0.25) is 0 Å². The summed E-state index contributed by atoms with van der Waals surface area (Å²) >= 11 is 1.47. The van der Waals surface area contributed by atoms with E-state index in [1.807, 2.05) is 25.1 Å². The van der Waals surface area contributed by atoms with Crippen molar-refractivity contribution in [3.8, 4) is 0 Å². The van der Waals surface area contributed by atoms with E-state index in [9.17, 15) is 4.79 Å². The van der Waals surface area contributed by atoms with Gasteiger partial charge in [0.25, 0.3) is 5.91 Å². The lowest BCUT2D eigenvalue weighted by molar-refractivity contribution is 0.0938. The molecule has 0 fully saturated rings. The van der Waals surface area contributed by atoms with Crippen LogP contribution in [0.4, 0.5) is 5.69 Å². The zero-order valence-electron chi connectivity index (χ0n) is 12.3. The van der Waals surface area contributed by atoms with Gasteiger partial charge in [0.1, 0.15) is 4.88 Å². The van der Waals surface area contributed by atoms with E-state index in [0.717, 1.165) is 34.9 Å². The smallest absolute Gasteiger partial charge is 0.263 e. The first-order chi connectivity index (χ1) is 9.56. The number of benzene rings is 1. The maximum absolute atomic E-state index is 12.4. The summed E-state index contributed by atoms with van der Waals surface area (Å²) in [7, 11) is 0. The minimum absolute atomic E-state index is 0.0401. The van der Waals surface area contributed by atoms with E-state index in [1.165, 1.54) is 11.3 Å². The van der Waals surface area contributed by atoms with Crippen molar-refractivity contribution in [2.24, 2.45) is 0 Å². The van der Waals surface area contributed by atoms with E-state index < -0.39 is 0 Å². The molecular formula is C16H22N2OS. The molecule has 0 radical (unpaired) electrons. The molecule has 0 aliphatic carbocycles. The van der Waals surface area contributed by atoms with Crippen LogP contribution in [0.1, 0.15) is 48.3 Å². The van der Waals surface area contributed by atoms with Gasteiger partial charge in [-0.1, -0.05) is 31.9 Å². The van der Waals surface area contributed by atoms with Gasteiger partial charge >= 0.3 is 0 Å². The first-order valence-electron chi connectivity index (χ1n) is 7.16. The highest BCUT2D eigenvalue weighted by atomic mass is 32.1. The fourth-order valence-electron chi connectivity index (χ4n) is 2.38. The number of nitrogens with two attached hydrogens (primary N) is 1. The summed E-state index contributed by atoms with van der Waals surface area (Å²) in [5, 5.41) is 4.08. The lowest BCUT2D eigenvalue weighted by Crippen LogP contribution is -2.34. The quantitative estimate of drug-likeness (QED) is 0.871. The normalized spacial score (nSPS) is 12.6. The van der Waals surface area contributed by atoms with Crippen molar-refractivity contribution in [1.29, 1.82) is 0 Å². The molecule has 0 aliphatic rings. The fourth-order valence-corrected chi connectivity index (χ4v) is 3.38. The molecule has 1 unspecified atom stereocenters. The van der Waals surface area contributed by atoms with Crippen LogP contribution in [-0.4, -0.2) is 11.9 Å². The van der Waals surface area contributed by atoms with Gasteiger partial charge in [-0.25, -0.2) is 0 Å². The van der Waals surface area contributed by atoms with Crippen molar-refractivity contribution in [2.45, 2.75) is 46.1 Å². The Morgan fingerprint density at radius 3 is 2.80 bits per heavy atom. The molecule has 0 spiro atoms. The van der Waals surface area contributed by atoms with Crippen molar-refractivity contribution in [1.82, 2.24) is 5.32 Å². The molecule has 20 heavy (non-hydrogen) atoms. The maximum atomic E-state index is 12.4. The van der Waals surface area contributed by atoms with Crippen LogP contribution < -0.4 is 11.1 Å². The summed E-state index contributed by atoms with van der Waals surface area (Å²) < 4.78 is 1.07. The number of carbonyl (C=O) groups is 1. The number of hydrogen-bond donors (Lipinski definition) is 2. The van der Waals surface area contributed by atoms with E-state index in [-0.39, 0.29) is 11.9 Å². The van der Waals surface area contributed by atoms with Gasteiger partial charge in [0, 0.05) is 16.1 Å². The van der Waals surface area contributed by atoms with E-state index in [1.54, 1.807) is 0 Å². The van der Waals surface area contributed by atoms with Crippen LogP contribution in [0.5, 0.6) is 0 Å². The lowest BCUT2D eigenvalue weighted by Gasteiger charge is -2.15. The predicted octanol–water partition coefficient (Wildman–Crippen LogP) is 4.10. The number of rotatable bonds is 5. The number of thiophene rings is 1. The van der Waals surface area contributed by atoms with Crippen molar-refractivity contribution in [2.75, 3.05) is 5.73 Å². The molecule has 4 heteroatoms. The Morgan fingerprint density at radius 1 is 1.40 bits per heavy atom. The molecule has 1 aromatic carbocycles. The number of aryl methyl sites for hydroxylation is 1. The molecule has 1 aromatic heterocycles. The van der Waals surface area contributed by atoms with Gasteiger partial charge in [0.2, 0.25) is 0 Å². The largest absolute Gasteiger partial charge is 0.397 e. The van der Waals surface area contributed by atoms with Crippen molar-refractivity contribution in [3.05, 3.63) is 28.6 Å². The Hall–Kier alpha value is -1.55. The zero-order valence-corrected chi connectivity index (χ0v) is 13.1. The number of hydrogen-bond acceptors (Lipinski definition) is 3. The summed E-state index contributed by atoms with van der Waals surface area (Å²) in [4.78, 5) is 13.0. The molecule has 1 amide bonds. The highest BCUT2D eigenvalue weighted by Gasteiger charge is 2.18. The molecule has 1 atom stereocenters. The number of carbonyl (C=O) groups excluding carboxylic acids is 1. The summed E-state index contributed by atoms with van der Waals surface area (Å²) in [6.07, 6.45) is 3.02. The van der Waals surface area contributed by atoms with Gasteiger partial charge < -0.3 is 11.1 Å². The summed E-state index contributed by atoms with van der Waals surface area (Å²) in [5.41, 5.74) is 7.92. The summed E-state index contributed by atoms with van der Waals surface area (Å²) in [6, 6.07) is 6.36. The van der Waals surface area contributed by atoms with Gasteiger partial charge in [0.05, 0.1) is 5.69 Å². The molecule has 108 valence electrons. The Labute approximate surface area is 124 Å². The third-order valence-corrected chi connectivity index (χ3v) is 4.74. The number of fused-ring (bicyclic) bond motifs is 1. The monoisotopic (exact) mass is 290 g/mol. The molecule has 3 nitrogen and oxygen atoms in total. The molecule has 1 heterocycles. The molecule has 2 aromatic rings. The SMILES string of the molecule is CCCC(CC)NC(=O)c1sc2ccc(C)cc2c1N. The molecule has 0 saturated heterocycles. The minimum Gasteiger partial charge on any atom is -0.397 e. The highest BCUT2D eigenvalue weighted by Crippen LogP contribution is 2.34. The second-order valence-electron chi connectivity index (χ2n) is 5.21. The Morgan fingerprint density at radius 2 is 2.15 bits per heavy atom. The van der Waals surface area contributed by atoms with Crippen LogP contribution in [-0.2, 0) is 0 Å². The van der Waals surface area contributed by atoms with Crippen LogP contribution in [0.15, 0.2) is 18.2 Å². The number of amides is 1. The minimum atomic E-state index is -0.0401. The predicted molar refractivity (Wildman–Crippen MR) is 87.4 cm³/mol. The van der Waals surface area contributed by atoms with Crippen LogP contribution >= 0.6 is 11.3 Å². The molecule has 0 saturated carbocycles. The first-order valence-corrected chi connectivity index (χ1v) is 7.97. The average molecular weight is 290 g/mol. The third-order valence-electron chi connectivity index (χ3n) is 3.55. The van der Waals surface area contributed by atoms with E-state index >= 15 is 0 Å². The fraction of sp³-hybridized carbons (Fsp3) is 0.438. The second-order valence-corrected chi connectivity index (χ2v) is 6.26. The Kier molecular flexibility index (Phi) is 4.65. The molecule has 0 aliphatic heterocycles. The third kappa shape index (κ3) is 2.96. The Balaban J connectivity index is 2.28. The topological polar surface area (TPSA) is 55.1 Å². The van der Waals surface area contributed by atoms with E-state index in [0.29, 0.717) is 10.6 Å². The molecule has 3 N–H and O–H groups in total. The van der Waals surface area contributed by atoms with Crippen LogP contribution in [0.3, 0.4) is 0 Å².